The number of alkyl halides is 3. The number of hydrogen-bond donors (Lipinski definition) is 2. The van der Waals surface area contributed by atoms with Gasteiger partial charge in [0, 0.05) is 43.5 Å². The highest BCUT2D eigenvalue weighted by molar-refractivity contribution is 7.88. The number of pyridine rings is 1. The molecule has 9 nitrogen and oxygen atoms in total. The molecule has 30 heavy (non-hydrogen) atoms. The zero-order valence-electron chi connectivity index (χ0n) is 16.0. The first-order valence-electron chi connectivity index (χ1n) is 8.94. The first kappa shape index (κ1) is 24.0. The van der Waals surface area contributed by atoms with Gasteiger partial charge in [-0.05, 0) is 24.5 Å². The fraction of sp³-hybridized carbons (Fsp3) is 0.588. The van der Waals surface area contributed by atoms with Crippen LogP contribution >= 0.6 is 0 Å². The zero-order chi connectivity index (χ0) is 22.5. The van der Waals surface area contributed by atoms with E-state index in [0.29, 0.717) is 37.7 Å². The lowest BCUT2D eigenvalue weighted by Crippen LogP contribution is -2.45. The third-order valence-corrected chi connectivity index (χ3v) is 6.14. The molecule has 2 aliphatic heterocycles. The molecule has 2 fully saturated rings. The quantitative estimate of drug-likeness (QED) is 0.689. The second-order valence-corrected chi connectivity index (χ2v) is 8.94. The van der Waals surface area contributed by atoms with Gasteiger partial charge in [0.1, 0.15) is 0 Å². The standard InChI is InChI=1S/C15H21N3O4S.C2HF3O2/c1-23(20,21)18-7-4-13-12(9-18)10-22-14(13)8-17-15(19)11-2-5-16-6-3-11;3-2(4,5)1(6)7/h2-3,5-6,12-14H,4,7-10H2,1H3,(H,17,19);(H,6,7)/t12-,13-,14-;/m0./s1. The Kier molecular flexibility index (Phi) is 7.77. The Bertz CT molecular complexity index is 850. The zero-order valence-corrected chi connectivity index (χ0v) is 16.8. The fourth-order valence-electron chi connectivity index (χ4n) is 3.36. The van der Waals surface area contributed by atoms with Crippen molar-refractivity contribution in [1.29, 1.82) is 0 Å². The summed E-state index contributed by atoms with van der Waals surface area (Å²) < 4.78 is 62.4. The lowest BCUT2D eigenvalue weighted by atomic mass is 9.85. The molecule has 0 aliphatic carbocycles. The Hall–Kier alpha value is -2.25. The average Bonchev–Trinajstić information content (AvgIpc) is 3.08. The van der Waals surface area contributed by atoms with Gasteiger partial charge in [-0.15, -0.1) is 0 Å². The number of aromatic nitrogens is 1. The Morgan fingerprint density at radius 1 is 1.33 bits per heavy atom. The molecule has 3 atom stereocenters. The van der Waals surface area contributed by atoms with Gasteiger partial charge in [0.2, 0.25) is 10.0 Å². The van der Waals surface area contributed by atoms with Crippen LogP contribution in [0.25, 0.3) is 0 Å². The van der Waals surface area contributed by atoms with Crippen LogP contribution in [0.1, 0.15) is 16.8 Å². The number of carbonyl (C=O) groups is 2. The highest BCUT2D eigenvalue weighted by Gasteiger charge is 2.42. The number of nitrogens with zero attached hydrogens (tertiary/aromatic N) is 2. The molecule has 2 aliphatic rings. The van der Waals surface area contributed by atoms with Crippen LogP contribution in [0, 0.1) is 11.8 Å². The molecule has 0 spiro atoms. The van der Waals surface area contributed by atoms with Crippen molar-refractivity contribution >= 4 is 21.9 Å². The Morgan fingerprint density at radius 3 is 2.47 bits per heavy atom. The number of carbonyl (C=O) groups excluding carboxylic acids is 1. The molecule has 168 valence electrons. The summed E-state index contributed by atoms with van der Waals surface area (Å²) in [6, 6.07) is 3.33. The van der Waals surface area contributed by atoms with Crippen LogP contribution in [-0.4, -0.2) is 79.5 Å². The van der Waals surface area contributed by atoms with Crippen molar-refractivity contribution in [3.05, 3.63) is 30.1 Å². The van der Waals surface area contributed by atoms with E-state index in [1.165, 1.54) is 10.6 Å². The first-order chi connectivity index (χ1) is 13.9. The SMILES string of the molecule is CS(=O)(=O)N1CC[C@H]2[C@H](CO[C@H]2CNC(=O)c2ccncc2)C1.O=C(O)C(F)(F)F. The maximum Gasteiger partial charge on any atom is 0.490 e. The number of rotatable bonds is 4. The summed E-state index contributed by atoms with van der Waals surface area (Å²) in [7, 11) is -3.14. The van der Waals surface area contributed by atoms with Crippen molar-refractivity contribution in [2.24, 2.45) is 11.8 Å². The highest BCUT2D eigenvalue weighted by atomic mass is 32.2. The molecule has 3 rings (SSSR count). The van der Waals surface area contributed by atoms with Gasteiger partial charge in [-0.2, -0.15) is 13.2 Å². The molecular formula is C17H22F3N3O6S. The number of sulfonamides is 1. The van der Waals surface area contributed by atoms with Gasteiger partial charge in [-0.3, -0.25) is 9.78 Å². The molecule has 2 N–H and O–H groups in total. The number of nitrogens with one attached hydrogen (secondary N) is 1. The summed E-state index contributed by atoms with van der Waals surface area (Å²) >= 11 is 0. The smallest absolute Gasteiger partial charge is 0.475 e. The van der Waals surface area contributed by atoms with E-state index in [1.54, 1.807) is 24.5 Å². The van der Waals surface area contributed by atoms with Gasteiger partial charge in [-0.1, -0.05) is 0 Å². The van der Waals surface area contributed by atoms with Crippen molar-refractivity contribution in [3.8, 4) is 0 Å². The van der Waals surface area contributed by atoms with Crippen LogP contribution in [0.3, 0.4) is 0 Å². The van der Waals surface area contributed by atoms with Crippen LogP contribution in [0.2, 0.25) is 0 Å². The maximum atomic E-state index is 12.1. The van der Waals surface area contributed by atoms with Gasteiger partial charge < -0.3 is 15.2 Å². The lowest BCUT2D eigenvalue weighted by Gasteiger charge is -2.34. The second-order valence-electron chi connectivity index (χ2n) is 6.95. The van der Waals surface area contributed by atoms with Gasteiger partial charge in [0.15, 0.2) is 0 Å². The number of hydrogen-bond acceptors (Lipinski definition) is 6. The van der Waals surface area contributed by atoms with E-state index in [9.17, 15) is 26.4 Å². The van der Waals surface area contributed by atoms with Gasteiger partial charge >= 0.3 is 12.1 Å². The minimum Gasteiger partial charge on any atom is -0.475 e. The molecule has 1 aromatic rings. The Balaban J connectivity index is 0.000000396. The van der Waals surface area contributed by atoms with Crippen molar-refractivity contribution < 1.29 is 41.0 Å². The molecule has 13 heteroatoms. The van der Waals surface area contributed by atoms with Crippen LogP contribution in [-0.2, 0) is 19.6 Å². The molecule has 0 radical (unpaired) electrons. The molecule has 2 saturated heterocycles. The van der Waals surface area contributed by atoms with Crippen molar-refractivity contribution in [3.63, 3.8) is 0 Å². The lowest BCUT2D eigenvalue weighted by molar-refractivity contribution is -0.192. The van der Waals surface area contributed by atoms with E-state index in [0.717, 1.165) is 6.42 Å². The highest BCUT2D eigenvalue weighted by Crippen LogP contribution is 2.34. The number of aliphatic carboxylic acids is 1. The Morgan fingerprint density at radius 2 is 1.93 bits per heavy atom. The summed E-state index contributed by atoms with van der Waals surface area (Å²) in [6.45, 7) is 2.03. The van der Waals surface area contributed by atoms with Crippen molar-refractivity contribution in [1.82, 2.24) is 14.6 Å². The molecular weight excluding hydrogens is 431 g/mol. The van der Waals surface area contributed by atoms with Crippen LogP contribution in [0.15, 0.2) is 24.5 Å². The molecule has 1 amide bonds. The fourth-order valence-corrected chi connectivity index (χ4v) is 4.26. The third kappa shape index (κ3) is 6.64. The predicted octanol–water partition coefficient (Wildman–Crippen LogP) is 0.741. The summed E-state index contributed by atoms with van der Waals surface area (Å²) in [6.07, 6.45) is 0.0475. The molecule has 0 saturated carbocycles. The number of carboxylic acid groups (broad SMARTS) is 1. The summed E-state index contributed by atoms with van der Waals surface area (Å²) in [4.78, 5) is 24.8. The van der Waals surface area contributed by atoms with E-state index >= 15 is 0 Å². The number of carboxylic acids is 1. The van der Waals surface area contributed by atoms with Crippen molar-refractivity contribution in [2.75, 3.05) is 32.5 Å². The van der Waals surface area contributed by atoms with Crippen molar-refractivity contribution in [2.45, 2.75) is 18.7 Å². The van der Waals surface area contributed by atoms with E-state index in [2.05, 4.69) is 10.3 Å². The second kappa shape index (κ2) is 9.71. The number of halogens is 3. The van der Waals surface area contributed by atoms with Gasteiger partial charge in [-0.25, -0.2) is 17.5 Å². The van der Waals surface area contributed by atoms with Gasteiger partial charge in [0.25, 0.3) is 5.91 Å². The molecule has 0 aromatic carbocycles. The minimum absolute atomic E-state index is 0.0486. The minimum atomic E-state index is -5.08. The molecule has 1 aromatic heterocycles. The van der Waals surface area contributed by atoms with Crippen LogP contribution < -0.4 is 5.32 Å². The third-order valence-electron chi connectivity index (χ3n) is 4.88. The topological polar surface area (TPSA) is 126 Å². The molecule has 0 unspecified atom stereocenters. The number of fused-ring (bicyclic) bond motifs is 1. The van der Waals surface area contributed by atoms with E-state index in [1.807, 2.05) is 0 Å². The summed E-state index contributed by atoms with van der Waals surface area (Å²) in [5.41, 5.74) is 0.571. The molecule has 3 heterocycles. The number of ether oxygens (including phenoxy) is 1. The molecule has 0 bridgehead atoms. The average molecular weight is 453 g/mol. The van der Waals surface area contributed by atoms with Gasteiger partial charge in [0.05, 0.1) is 19.0 Å². The largest absolute Gasteiger partial charge is 0.490 e. The summed E-state index contributed by atoms with van der Waals surface area (Å²) in [5.74, 6) is -2.40. The van der Waals surface area contributed by atoms with Crippen LogP contribution in [0.4, 0.5) is 13.2 Å². The first-order valence-corrected chi connectivity index (χ1v) is 10.8. The monoisotopic (exact) mass is 453 g/mol. The van der Waals surface area contributed by atoms with E-state index < -0.39 is 22.2 Å². The summed E-state index contributed by atoms with van der Waals surface area (Å²) in [5, 5.41) is 10.0. The number of piperidine rings is 1. The predicted molar refractivity (Wildman–Crippen MR) is 98.0 cm³/mol. The normalized spacial score (nSPS) is 24.3. The van der Waals surface area contributed by atoms with E-state index in [-0.39, 0.29) is 17.9 Å². The number of amides is 1. The van der Waals surface area contributed by atoms with Crippen LogP contribution in [0.5, 0.6) is 0 Å². The maximum absolute atomic E-state index is 12.1. The van der Waals surface area contributed by atoms with E-state index in [4.69, 9.17) is 14.6 Å². The Labute approximate surface area is 171 Å².